The Kier molecular flexibility index (Phi) is 5.30. The van der Waals surface area contributed by atoms with Gasteiger partial charge in [0.1, 0.15) is 12.6 Å². The van der Waals surface area contributed by atoms with Crippen LogP contribution in [0, 0.1) is 0 Å². The van der Waals surface area contributed by atoms with Crippen LogP contribution >= 0.6 is 0 Å². The maximum atomic E-state index is 11.8. The highest BCUT2D eigenvalue weighted by Gasteiger charge is 2.28. The van der Waals surface area contributed by atoms with Gasteiger partial charge in [0, 0.05) is 26.6 Å². The first-order valence-corrected chi connectivity index (χ1v) is 6.05. The second-order valence-electron chi connectivity index (χ2n) is 4.51. The molecule has 1 atom stereocenters. The standard InChI is InChI=1S/C11H17N3O6/c1-13-4-5-14(6-8(13)15)11(20)12-7(10(18)19)2-3-9(16)17/h7H,2-6H2,1H3,(H,12,20)(H,16,17)(H,18,19). The van der Waals surface area contributed by atoms with E-state index in [-0.39, 0.29) is 25.3 Å². The van der Waals surface area contributed by atoms with Gasteiger partial charge >= 0.3 is 18.0 Å². The van der Waals surface area contributed by atoms with Crippen molar-refractivity contribution >= 4 is 23.9 Å². The fourth-order valence-corrected chi connectivity index (χ4v) is 1.70. The van der Waals surface area contributed by atoms with Crippen LogP contribution in [-0.4, -0.2) is 76.6 Å². The summed E-state index contributed by atoms with van der Waals surface area (Å²) in [5.74, 6) is -2.68. The lowest BCUT2D eigenvalue weighted by atomic mass is 10.1. The van der Waals surface area contributed by atoms with Crippen molar-refractivity contribution in [1.82, 2.24) is 15.1 Å². The summed E-state index contributed by atoms with van der Waals surface area (Å²) in [6, 6.07) is -1.96. The van der Waals surface area contributed by atoms with Crippen molar-refractivity contribution in [3.8, 4) is 0 Å². The smallest absolute Gasteiger partial charge is 0.326 e. The zero-order chi connectivity index (χ0) is 15.3. The van der Waals surface area contributed by atoms with E-state index in [0.717, 1.165) is 0 Å². The average Bonchev–Trinajstić information content (AvgIpc) is 2.36. The molecule has 1 aliphatic rings. The number of piperazine rings is 1. The number of amides is 3. The Labute approximate surface area is 115 Å². The fourth-order valence-electron chi connectivity index (χ4n) is 1.70. The Morgan fingerprint density at radius 1 is 1.30 bits per heavy atom. The highest BCUT2D eigenvalue weighted by Crippen LogP contribution is 2.04. The molecule has 0 aromatic carbocycles. The van der Waals surface area contributed by atoms with Gasteiger partial charge < -0.3 is 25.3 Å². The number of urea groups is 1. The Morgan fingerprint density at radius 2 is 1.95 bits per heavy atom. The molecule has 0 aliphatic carbocycles. The first-order valence-electron chi connectivity index (χ1n) is 6.05. The molecule has 20 heavy (non-hydrogen) atoms. The summed E-state index contributed by atoms with van der Waals surface area (Å²) in [4.78, 5) is 47.4. The van der Waals surface area contributed by atoms with Crippen molar-refractivity contribution in [2.75, 3.05) is 26.7 Å². The van der Waals surface area contributed by atoms with Gasteiger partial charge in [0.15, 0.2) is 0 Å². The number of nitrogens with zero attached hydrogens (tertiary/aromatic N) is 2. The quantitative estimate of drug-likeness (QED) is 0.582. The van der Waals surface area contributed by atoms with E-state index >= 15 is 0 Å². The van der Waals surface area contributed by atoms with Crippen LogP contribution in [0.25, 0.3) is 0 Å². The number of nitrogens with one attached hydrogen (secondary N) is 1. The van der Waals surface area contributed by atoms with Crippen LogP contribution in [0.5, 0.6) is 0 Å². The summed E-state index contributed by atoms with van der Waals surface area (Å²) in [5.41, 5.74) is 0. The normalized spacial score (nSPS) is 16.8. The van der Waals surface area contributed by atoms with Crippen LogP contribution in [0.2, 0.25) is 0 Å². The van der Waals surface area contributed by atoms with Crippen molar-refractivity contribution in [1.29, 1.82) is 0 Å². The van der Waals surface area contributed by atoms with Gasteiger partial charge in [0.05, 0.1) is 0 Å². The van der Waals surface area contributed by atoms with Crippen LogP contribution < -0.4 is 5.32 Å². The number of carboxylic acids is 2. The summed E-state index contributed by atoms with van der Waals surface area (Å²) in [6.07, 6.45) is -0.572. The van der Waals surface area contributed by atoms with Gasteiger partial charge in [-0.1, -0.05) is 0 Å². The summed E-state index contributed by atoms with van der Waals surface area (Å²) in [5, 5.41) is 19.7. The number of carboxylic acid groups (broad SMARTS) is 2. The maximum absolute atomic E-state index is 11.8. The van der Waals surface area contributed by atoms with Crippen LogP contribution in [-0.2, 0) is 14.4 Å². The second-order valence-corrected chi connectivity index (χ2v) is 4.51. The van der Waals surface area contributed by atoms with Gasteiger partial charge in [-0.05, 0) is 6.42 Å². The van der Waals surface area contributed by atoms with Crippen LogP contribution in [0.15, 0.2) is 0 Å². The van der Waals surface area contributed by atoms with Crippen molar-refractivity contribution < 1.29 is 29.4 Å². The van der Waals surface area contributed by atoms with E-state index in [1.807, 2.05) is 0 Å². The third kappa shape index (κ3) is 4.41. The molecule has 112 valence electrons. The highest BCUT2D eigenvalue weighted by molar-refractivity contribution is 5.87. The molecule has 3 N–H and O–H groups in total. The lowest BCUT2D eigenvalue weighted by molar-refractivity contribution is -0.140. The Morgan fingerprint density at radius 3 is 2.45 bits per heavy atom. The predicted molar refractivity (Wildman–Crippen MR) is 66.0 cm³/mol. The Bertz CT molecular complexity index is 424. The molecule has 0 aromatic rings. The molecule has 9 nitrogen and oxygen atoms in total. The topological polar surface area (TPSA) is 127 Å². The SMILES string of the molecule is CN1CCN(C(=O)NC(CCC(=O)O)C(=O)O)CC1=O. The van der Waals surface area contributed by atoms with Gasteiger partial charge in [-0.25, -0.2) is 9.59 Å². The summed E-state index contributed by atoms with van der Waals surface area (Å²) < 4.78 is 0. The monoisotopic (exact) mass is 287 g/mol. The number of carbonyl (C=O) groups is 4. The Balaban J connectivity index is 2.55. The summed E-state index contributed by atoms with van der Waals surface area (Å²) >= 11 is 0. The van der Waals surface area contributed by atoms with E-state index in [2.05, 4.69) is 5.32 Å². The Hall–Kier alpha value is -2.32. The van der Waals surface area contributed by atoms with E-state index in [0.29, 0.717) is 13.1 Å². The number of hydrogen-bond acceptors (Lipinski definition) is 4. The van der Waals surface area contributed by atoms with E-state index in [1.54, 1.807) is 7.05 Å². The molecule has 1 unspecified atom stereocenters. The van der Waals surface area contributed by atoms with Crippen molar-refractivity contribution in [2.45, 2.75) is 18.9 Å². The minimum Gasteiger partial charge on any atom is -0.481 e. The molecule has 0 aromatic heterocycles. The maximum Gasteiger partial charge on any atom is 0.326 e. The first-order chi connectivity index (χ1) is 9.31. The van der Waals surface area contributed by atoms with Gasteiger partial charge in [-0.3, -0.25) is 9.59 Å². The van der Waals surface area contributed by atoms with E-state index < -0.39 is 24.0 Å². The van der Waals surface area contributed by atoms with E-state index in [9.17, 15) is 19.2 Å². The molecule has 0 radical (unpaired) electrons. The molecule has 1 rings (SSSR count). The molecule has 0 saturated carbocycles. The molecule has 1 saturated heterocycles. The number of likely N-dealkylation sites (N-methyl/N-ethyl adjacent to an activating group) is 1. The average molecular weight is 287 g/mol. The number of hydrogen-bond donors (Lipinski definition) is 3. The number of carbonyl (C=O) groups excluding carboxylic acids is 2. The third-order valence-corrected chi connectivity index (χ3v) is 2.99. The zero-order valence-electron chi connectivity index (χ0n) is 11.0. The van der Waals surface area contributed by atoms with Crippen molar-refractivity contribution in [3.05, 3.63) is 0 Å². The molecule has 1 heterocycles. The fraction of sp³-hybridized carbons (Fsp3) is 0.636. The third-order valence-electron chi connectivity index (χ3n) is 2.99. The van der Waals surface area contributed by atoms with E-state index in [4.69, 9.17) is 10.2 Å². The minimum absolute atomic E-state index is 0.117. The van der Waals surface area contributed by atoms with E-state index in [1.165, 1.54) is 9.80 Å². The summed E-state index contributed by atoms with van der Waals surface area (Å²) in [6.45, 7) is 0.562. The molecule has 9 heteroatoms. The van der Waals surface area contributed by atoms with Crippen molar-refractivity contribution in [2.24, 2.45) is 0 Å². The molecule has 3 amide bonds. The molecular formula is C11H17N3O6. The van der Waals surface area contributed by atoms with Gasteiger partial charge in [-0.2, -0.15) is 0 Å². The molecule has 0 spiro atoms. The minimum atomic E-state index is -1.31. The van der Waals surface area contributed by atoms with Crippen LogP contribution in [0.4, 0.5) is 4.79 Å². The summed E-state index contributed by atoms with van der Waals surface area (Å²) in [7, 11) is 1.62. The van der Waals surface area contributed by atoms with Gasteiger partial charge in [-0.15, -0.1) is 0 Å². The molecule has 1 aliphatic heterocycles. The molecule has 1 fully saturated rings. The molecular weight excluding hydrogens is 270 g/mol. The second kappa shape index (κ2) is 6.73. The molecule has 0 bridgehead atoms. The zero-order valence-corrected chi connectivity index (χ0v) is 11.0. The largest absolute Gasteiger partial charge is 0.481 e. The van der Waals surface area contributed by atoms with Crippen molar-refractivity contribution in [3.63, 3.8) is 0 Å². The van der Waals surface area contributed by atoms with Gasteiger partial charge in [0.2, 0.25) is 5.91 Å². The first kappa shape index (κ1) is 15.7. The number of rotatable bonds is 5. The van der Waals surface area contributed by atoms with Gasteiger partial charge in [0.25, 0.3) is 0 Å². The predicted octanol–water partition coefficient (Wildman–Crippen LogP) is -1.21. The van der Waals surface area contributed by atoms with Crippen LogP contribution in [0.3, 0.4) is 0 Å². The highest BCUT2D eigenvalue weighted by atomic mass is 16.4. The van der Waals surface area contributed by atoms with Crippen LogP contribution in [0.1, 0.15) is 12.8 Å². The lowest BCUT2D eigenvalue weighted by Crippen LogP contribution is -2.55. The lowest BCUT2D eigenvalue weighted by Gasteiger charge is -2.32. The number of aliphatic carboxylic acids is 2.